The van der Waals surface area contributed by atoms with Gasteiger partial charge in [0.2, 0.25) is 5.91 Å². The Bertz CT molecular complexity index is 892. The van der Waals surface area contributed by atoms with E-state index in [4.69, 9.17) is 0 Å². The number of hydrogen-bond acceptors (Lipinski definition) is 2. The zero-order valence-corrected chi connectivity index (χ0v) is 18.2. The van der Waals surface area contributed by atoms with E-state index in [1.807, 2.05) is 0 Å². The van der Waals surface area contributed by atoms with E-state index >= 15 is 0 Å². The van der Waals surface area contributed by atoms with Gasteiger partial charge in [-0.05, 0) is 43.7 Å². The summed E-state index contributed by atoms with van der Waals surface area (Å²) in [5, 5.41) is 3.21. The molecule has 1 amide bonds. The smallest absolute Gasteiger partial charge is 0.227 e. The summed E-state index contributed by atoms with van der Waals surface area (Å²) in [4.78, 5) is 15.8. The summed E-state index contributed by atoms with van der Waals surface area (Å²) in [6.45, 7) is 5.03. The summed E-state index contributed by atoms with van der Waals surface area (Å²) < 4.78 is 0. The highest BCUT2D eigenvalue weighted by Crippen LogP contribution is 2.51. The van der Waals surface area contributed by atoms with Gasteiger partial charge in [-0.3, -0.25) is 9.69 Å². The predicted molar refractivity (Wildman–Crippen MR) is 121 cm³/mol. The lowest BCUT2D eigenvalue weighted by Gasteiger charge is -2.52. The van der Waals surface area contributed by atoms with Crippen molar-refractivity contribution in [3.8, 4) is 0 Å². The molecule has 2 heterocycles. The molecule has 1 saturated carbocycles. The molecule has 3 fully saturated rings. The quantitative estimate of drug-likeness (QED) is 0.770. The van der Waals surface area contributed by atoms with E-state index in [1.54, 1.807) is 0 Å². The van der Waals surface area contributed by atoms with Gasteiger partial charge in [-0.25, -0.2) is 0 Å². The predicted octanol–water partition coefficient (Wildman–Crippen LogP) is 5.15. The lowest BCUT2D eigenvalue weighted by Crippen LogP contribution is -2.54. The number of hydrogen-bond donors (Lipinski definition) is 1. The van der Waals surface area contributed by atoms with E-state index in [0.717, 1.165) is 32.5 Å². The second-order valence-electron chi connectivity index (χ2n) is 9.78. The number of carbonyl (C=O) groups is 1. The lowest BCUT2D eigenvalue weighted by atomic mass is 9.66. The third-order valence-electron chi connectivity index (χ3n) is 8.29. The molecule has 1 atom stereocenters. The normalized spacial score (nSPS) is 25.9. The first-order valence-corrected chi connectivity index (χ1v) is 11.8. The van der Waals surface area contributed by atoms with Crippen molar-refractivity contribution in [2.75, 3.05) is 19.6 Å². The minimum atomic E-state index is -0.236. The average Bonchev–Trinajstić information content (AvgIpc) is 3.11. The van der Waals surface area contributed by atoms with Crippen LogP contribution in [-0.4, -0.2) is 30.4 Å². The van der Waals surface area contributed by atoms with Gasteiger partial charge in [-0.15, -0.1) is 0 Å². The summed E-state index contributed by atoms with van der Waals surface area (Å²) in [5.41, 5.74) is 4.08. The molecule has 3 nitrogen and oxygen atoms in total. The maximum atomic E-state index is 13.1. The van der Waals surface area contributed by atoms with Crippen molar-refractivity contribution in [2.24, 2.45) is 5.41 Å². The van der Waals surface area contributed by atoms with Crippen LogP contribution in [0.15, 0.2) is 54.6 Å². The molecule has 0 aromatic heterocycles. The molecule has 0 bridgehead atoms. The standard InChI is InChI=1S/C27H34N2O/c1-21-9-8-12-23(19-21)27(13-6-3-7-14-27)29-17-15-26(16-18-29)24(20-28-25(26)30)22-10-4-2-5-11-22/h2,4-5,8-12,19,24H,3,6-7,13-18,20H2,1H3,(H,28,30). The van der Waals surface area contributed by atoms with Crippen molar-refractivity contribution in [1.29, 1.82) is 0 Å². The molecule has 3 heteroatoms. The minimum Gasteiger partial charge on any atom is -0.355 e. The Morgan fingerprint density at radius 1 is 0.900 bits per heavy atom. The van der Waals surface area contributed by atoms with Gasteiger partial charge in [0.05, 0.1) is 5.41 Å². The summed E-state index contributed by atoms with van der Waals surface area (Å²) in [5.74, 6) is 0.582. The molecular formula is C27H34N2O. The monoisotopic (exact) mass is 402 g/mol. The highest BCUT2D eigenvalue weighted by Gasteiger charge is 2.54. The number of carbonyl (C=O) groups excluding carboxylic acids is 1. The fourth-order valence-corrected chi connectivity index (χ4v) is 6.61. The number of nitrogens with zero attached hydrogens (tertiary/aromatic N) is 1. The van der Waals surface area contributed by atoms with Crippen LogP contribution in [0, 0.1) is 12.3 Å². The molecule has 30 heavy (non-hydrogen) atoms. The van der Waals surface area contributed by atoms with Crippen molar-refractivity contribution >= 4 is 5.91 Å². The molecule has 158 valence electrons. The van der Waals surface area contributed by atoms with Crippen molar-refractivity contribution < 1.29 is 4.79 Å². The van der Waals surface area contributed by atoms with Gasteiger partial charge in [0.15, 0.2) is 0 Å². The van der Waals surface area contributed by atoms with E-state index in [2.05, 4.69) is 71.7 Å². The van der Waals surface area contributed by atoms with Crippen LogP contribution in [0.5, 0.6) is 0 Å². The molecule has 1 spiro atoms. The molecule has 2 aromatic rings. The van der Waals surface area contributed by atoms with E-state index in [9.17, 15) is 4.79 Å². The Balaban J connectivity index is 1.43. The van der Waals surface area contributed by atoms with Gasteiger partial charge in [-0.2, -0.15) is 0 Å². The Morgan fingerprint density at radius 2 is 1.63 bits per heavy atom. The molecular weight excluding hydrogens is 368 g/mol. The zero-order valence-electron chi connectivity index (χ0n) is 18.2. The van der Waals surface area contributed by atoms with Gasteiger partial charge < -0.3 is 5.32 Å². The fraction of sp³-hybridized carbons (Fsp3) is 0.519. The molecule has 2 aliphatic heterocycles. The summed E-state index contributed by atoms with van der Waals surface area (Å²) in [6, 6.07) is 19.9. The molecule has 3 aliphatic rings. The van der Waals surface area contributed by atoms with Crippen molar-refractivity contribution in [3.05, 3.63) is 71.3 Å². The molecule has 2 saturated heterocycles. The topological polar surface area (TPSA) is 32.3 Å². The van der Waals surface area contributed by atoms with Gasteiger partial charge in [-0.1, -0.05) is 79.4 Å². The summed E-state index contributed by atoms with van der Waals surface area (Å²) in [7, 11) is 0. The fourth-order valence-electron chi connectivity index (χ4n) is 6.61. The first-order chi connectivity index (χ1) is 14.6. The van der Waals surface area contributed by atoms with Gasteiger partial charge >= 0.3 is 0 Å². The molecule has 1 aliphatic carbocycles. The van der Waals surface area contributed by atoms with Crippen LogP contribution in [0.25, 0.3) is 0 Å². The first-order valence-electron chi connectivity index (χ1n) is 11.8. The Hall–Kier alpha value is -2.13. The number of rotatable bonds is 3. The van der Waals surface area contributed by atoms with Crippen molar-refractivity contribution in [3.63, 3.8) is 0 Å². The number of nitrogens with one attached hydrogen (secondary N) is 1. The molecule has 1 N–H and O–H groups in total. The van der Waals surface area contributed by atoms with E-state index in [1.165, 1.54) is 48.8 Å². The molecule has 0 radical (unpaired) electrons. The van der Waals surface area contributed by atoms with E-state index in [0.29, 0.717) is 5.92 Å². The number of piperidine rings is 1. The Labute approximate surface area is 180 Å². The van der Waals surface area contributed by atoms with Crippen LogP contribution >= 0.6 is 0 Å². The molecule has 2 aromatic carbocycles. The number of likely N-dealkylation sites (tertiary alicyclic amines) is 1. The van der Waals surface area contributed by atoms with Gasteiger partial charge in [0.1, 0.15) is 0 Å². The third-order valence-corrected chi connectivity index (χ3v) is 8.29. The molecule has 1 unspecified atom stereocenters. The number of aryl methyl sites for hydroxylation is 1. The largest absolute Gasteiger partial charge is 0.355 e. The second kappa shape index (κ2) is 7.85. The number of benzene rings is 2. The maximum Gasteiger partial charge on any atom is 0.227 e. The highest BCUT2D eigenvalue weighted by atomic mass is 16.2. The third kappa shape index (κ3) is 3.19. The van der Waals surface area contributed by atoms with Gasteiger partial charge in [0.25, 0.3) is 0 Å². The van der Waals surface area contributed by atoms with Crippen LogP contribution in [0.3, 0.4) is 0 Å². The average molecular weight is 403 g/mol. The van der Waals surface area contributed by atoms with Crippen LogP contribution < -0.4 is 5.32 Å². The highest BCUT2D eigenvalue weighted by molar-refractivity contribution is 5.86. The second-order valence-corrected chi connectivity index (χ2v) is 9.78. The van der Waals surface area contributed by atoms with Crippen LogP contribution in [-0.2, 0) is 10.3 Å². The molecule has 5 rings (SSSR count). The van der Waals surface area contributed by atoms with E-state index in [-0.39, 0.29) is 16.9 Å². The Morgan fingerprint density at radius 3 is 2.33 bits per heavy atom. The van der Waals surface area contributed by atoms with Crippen molar-refractivity contribution in [1.82, 2.24) is 10.2 Å². The Kier molecular flexibility index (Phi) is 5.18. The van der Waals surface area contributed by atoms with Crippen LogP contribution in [0.2, 0.25) is 0 Å². The number of amides is 1. The lowest BCUT2D eigenvalue weighted by molar-refractivity contribution is -0.132. The minimum absolute atomic E-state index is 0.156. The summed E-state index contributed by atoms with van der Waals surface area (Å²) >= 11 is 0. The van der Waals surface area contributed by atoms with Crippen LogP contribution in [0.1, 0.15) is 67.6 Å². The van der Waals surface area contributed by atoms with Crippen molar-refractivity contribution in [2.45, 2.75) is 63.3 Å². The SMILES string of the molecule is Cc1cccc(C2(N3CCC4(CC3)C(=O)NCC4c3ccccc3)CCCCC2)c1. The first kappa shape index (κ1) is 19.8. The zero-order chi connectivity index (χ0) is 20.6. The van der Waals surface area contributed by atoms with Crippen LogP contribution in [0.4, 0.5) is 0 Å². The summed E-state index contributed by atoms with van der Waals surface area (Å²) in [6.07, 6.45) is 8.39. The van der Waals surface area contributed by atoms with E-state index < -0.39 is 0 Å². The maximum absolute atomic E-state index is 13.1. The van der Waals surface area contributed by atoms with Gasteiger partial charge in [0, 0.05) is 31.1 Å².